The molecule has 0 heterocycles. The first kappa shape index (κ1) is 19.3. The van der Waals surface area contributed by atoms with Crippen molar-refractivity contribution < 1.29 is 9.53 Å². The number of nitrogens with one attached hydrogen (secondary N) is 1. The van der Waals surface area contributed by atoms with Crippen LogP contribution < -0.4 is 5.32 Å². The molecule has 4 nitrogen and oxygen atoms in total. The molecule has 0 aliphatic heterocycles. The highest BCUT2D eigenvalue weighted by Crippen LogP contribution is 2.27. The zero-order valence-corrected chi connectivity index (χ0v) is 15.7. The predicted octanol–water partition coefficient (Wildman–Crippen LogP) is 4.19. The maximum Gasteiger partial charge on any atom is 0.410 e. The lowest BCUT2D eigenvalue weighted by Crippen LogP contribution is -2.51. The van der Waals surface area contributed by atoms with Crippen LogP contribution in [0, 0.1) is 5.92 Å². The van der Waals surface area contributed by atoms with Crippen LogP contribution in [0.2, 0.25) is 0 Å². The van der Waals surface area contributed by atoms with Gasteiger partial charge in [-0.05, 0) is 67.2 Å². The molecule has 4 heteroatoms. The first-order valence-electron chi connectivity index (χ1n) is 8.75. The summed E-state index contributed by atoms with van der Waals surface area (Å²) >= 11 is 0. The smallest absolute Gasteiger partial charge is 0.410 e. The second-order valence-electron chi connectivity index (χ2n) is 8.59. The summed E-state index contributed by atoms with van der Waals surface area (Å²) in [7, 11) is 0. The fourth-order valence-electron chi connectivity index (χ4n) is 3.05. The van der Waals surface area contributed by atoms with E-state index in [2.05, 4.69) is 33.0 Å². The molecule has 1 atom stereocenters. The van der Waals surface area contributed by atoms with Crippen LogP contribution in [0.3, 0.4) is 0 Å². The van der Waals surface area contributed by atoms with Gasteiger partial charge in [-0.2, -0.15) is 0 Å². The van der Waals surface area contributed by atoms with Crippen LogP contribution in [-0.4, -0.2) is 41.3 Å². The fourth-order valence-corrected chi connectivity index (χ4v) is 3.05. The lowest BCUT2D eigenvalue weighted by molar-refractivity contribution is 0.00638. The molecule has 0 aromatic rings. The molecule has 0 bridgehead atoms. The summed E-state index contributed by atoms with van der Waals surface area (Å²) in [5, 5.41) is 3.60. The number of carbonyl (C=O) groups excluding carboxylic acids is 1. The van der Waals surface area contributed by atoms with E-state index in [0.29, 0.717) is 12.6 Å². The van der Waals surface area contributed by atoms with E-state index in [4.69, 9.17) is 4.74 Å². The Morgan fingerprint density at radius 1 is 1.18 bits per heavy atom. The molecule has 1 saturated carbocycles. The van der Waals surface area contributed by atoms with E-state index in [1.165, 1.54) is 25.7 Å². The minimum Gasteiger partial charge on any atom is -0.444 e. The molecule has 0 aromatic carbocycles. The lowest BCUT2D eigenvalue weighted by Gasteiger charge is -2.37. The summed E-state index contributed by atoms with van der Waals surface area (Å²) in [6.45, 7) is 15.6. The van der Waals surface area contributed by atoms with Crippen LogP contribution >= 0.6 is 0 Å². The van der Waals surface area contributed by atoms with Crippen molar-refractivity contribution in [2.45, 2.75) is 91.3 Å². The Balaban J connectivity index is 2.50. The van der Waals surface area contributed by atoms with Crippen molar-refractivity contribution in [1.82, 2.24) is 10.2 Å². The summed E-state index contributed by atoms with van der Waals surface area (Å²) in [6, 6.07) is 0.531. The van der Waals surface area contributed by atoms with Gasteiger partial charge in [-0.3, -0.25) is 0 Å². The van der Waals surface area contributed by atoms with Crippen molar-refractivity contribution in [3.8, 4) is 0 Å². The largest absolute Gasteiger partial charge is 0.444 e. The lowest BCUT2D eigenvalue weighted by atomic mass is 10.00. The monoisotopic (exact) mass is 312 g/mol. The highest BCUT2D eigenvalue weighted by Gasteiger charge is 2.30. The number of hydrogen-bond acceptors (Lipinski definition) is 3. The maximum absolute atomic E-state index is 12.4. The van der Waals surface area contributed by atoms with Crippen LogP contribution in [0.5, 0.6) is 0 Å². The van der Waals surface area contributed by atoms with Crippen LogP contribution in [0.4, 0.5) is 4.79 Å². The quantitative estimate of drug-likeness (QED) is 0.827. The van der Waals surface area contributed by atoms with E-state index in [-0.39, 0.29) is 11.6 Å². The molecule has 0 saturated heterocycles. The van der Waals surface area contributed by atoms with Crippen molar-refractivity contribution in [2.24, 2.45) is 5.92 Å². The van der Waals surface area contributed by atoms with Crippen molar-refractivity contribution >= 4 is 6.09 Å². The standard InChI is InChI=1S/C18H36N2O2/c1-14(15-10-8-9-11-15)19-12-13-20(17(2,3)4)16(21)22-18(5,6)7/h14-15,19H,8-13H2,1-7H3. The summed E-state index contributed by atoms with van der Waals surface area (Å²) in [6.07, 6.45) is 5.17. The van der Waals surface area contributed by atoms with Gasteiger partial charge in [0.25, 0.3) is 0 Å². The maximum atomic E-state index is 12.4. The third kappa shape index (κ3) is 6.55. The average molecular weight is 312 g/mol. The fraction of sp³-hybridized carbons (Fsp3) is 0.944. The molecule has 1 N–H and O–H groups in total. The Bertz CT molecular complexity index is 349. The number of rotatable bonds is 5. The van der Waals surface area contributed by atoms with Gasteiger partial charge in [0.05, 0.1) is 0 Å². The normalized spacial score (nSPS) is 18.3. The van der Waals surface area contributed by atoms with Gasteiger partial charge in [0.2, 0.25) is 0 Å². The van der Waals surface area contributed by atoms with Gasteiger partial charge in [-0.25, -0.2) is 4.79 Å². The molecule has 1 aliphatic carbocycles. The number of nitrogens with zero attached hydrogens (tertiary/aromatic N) is 1. The summed E-state index contributed by atoms with van der Waals surface area (Å²) < 4.78 is 5.54. The van der Waals surface area contributed by atoms with Crippen LogP contribution in [0.25, 0.3) is 0 Å². The molecule has 1 aliphatic rings. The van der Waals surface area contributed by atoms with E-state index in [9.17, 15) is 4.79 Å². The highest BCUT2D eigenvalue weighted by atomic mass is 16.6. The van der Waals surface area contributed by atoms with Gasteiger partial charge in [0.15, 0.2) is 0 Å². The minimum absolute atomic E-state index is 0.227. The van der Waals surface area contributed by atoms with Gasteiger partial charge in [0.1, 0.15) is 5.60 Å². The number of hydrogen-bond donors (Lipinski definition) is 1. The van der Waals surface area contributed by atoms with E-state index < -0.39 is 5.60 Å². The molecule has 0 spiro atoms. The molecule has 22 heavy (non-hydrogen) atoms. The van der Waals surface area contributed by atoms with E-state index in [0.717, 1.165) is 12.5 Å². The molecule has 130 valence electrons. The van der Waals surface area contributed by atoms with E-state index in [1.807, 2.05) is 25.7 Å². The van der Waals surface area contributed by atoms with Crippen LogP contribution in [0.15, 0.2) is 0 Å². The van der Waals surface area contributed by atoms with Crippen molar-refractivity contribution in [2.75, 3.05) is 13.1 Å². The molecular formula is C18H36N2O2. The van der Waals surface area contributed by atoms with Gasteiger partial charge in [-0.1, -0.05) is 12.8 Å². The third-order valence-corrected chi connectivity index (χ3v) is 4.33. The second-order valence-corrected chi connectivity index (χ2v) is 8.59. The molecule has 1 unspecified atom stereocenters. The second kappa shape index (κ2) is 7.67. The van der Waals surface area contributed by atoms with Gasteiger partial charge in [-0.15, -0.1) is 0 Å². The topological polar surface area (TPSA) is 41.6 Å². The molecule has 1 amide bonds. The zero-order valence-electron chi connectivity index (χ0n) is 15.7. The molecule has 1 fully saturated rings. The highest BCUT2D eigenvalue weighted by molar-refractivity contribution is 5.69. The van der Waals surface area contributed by atoms with Crippen molar-refractivity contribution in [1.29, 1.82) is 0 Å². The Labute approximate surface area is 137 Å². The minimum atomic E-state index is -0.453. The number of ether oxygens (including phenoxy) is 1. The van der Waals surface area contributed by atoms with Gasteiger partial charge in [0, 0.05) is 24.7 Å². The predicted molar refractivity (Wildman–Crippen MR) is 92.1 cm³/mol. The SMILES string of the molecule is CC(NCCN(C(=O)OC(C)(C)C)C(C)(C)C)C1CCCC1. The first-order valence-corrected chi connectivity index (χ1v) is 8.75. The van der Waals surface area contributed by atoms with Crippen molar-refractivity contribution in [3.05, 3.63) is 0 Å². The summed E-state index contributed by atoms with van der Waals surface area (Å²) in [5.74, 6) is 0.796. The first-order chi connectivity index (χ1) is 10.0. The Morgan fingerprint density at radius 2 is 1.73 bits per heavy atom. The number of carbonyl (C=O) groups is 1. The molecular weight excluding hydrogens is 276 g/mol. The third-order valence-electron chi connectivity index (χ3n) is 4.33. The zero-order chi connectivity index (χ0) is 17.0. The summed E-state index contributed by atoms with van der Waals surface area (Å²) in [5.41, 5.74) is -0.689. The average Bonchev–Trinajstić information content (AvgIpc) is 2.83. The summed E-state index contributed by atoms with van der Waals surface area (Å²) in [4.78, 5) is 14.2. The van der Waals surface area contributed by atoms with Crippen molar-refractivity contribution in [3.63, 3.8) is 0 Å². The van der Waals surface area contributed by atoms with Crippen LogP contribution in [-0.2, 0) is 4.74 Å². The Hall–Kier alpha value is -0.770. The Morgan fingerprint density at radius 3 is 2.18 bits per heavy atom. The van der Waals surface area contributed by atoms with E-state index in [1.54, 1.807) is 0 Å². The van der Waals surface area contributed by atoms with Crippen LogP contribution in [0.1, 0.15) is 74.1 Å². The Kier molecular flexibility index (Phi) is 6.72. The van der Waals surface area contributed by atoms with Gasteiger partial charge < -0.3 is 15.0 Å². The van der Waals surface area contributed by atoms with Gasteiger partial charge >= 0.3 is 6.09 Å². The molecule has 1 rings (SSSR count). The number of amides is 1. The molecule has 0 aromatic heterocycles. The molecule has 0 radical (unpaired) electrons. The van der Waals surface area contributed by atoms with E-state index >= 15 is 0 Å².